The van der Waals surface area contributed by atoms with Crippen molar-refractivity contribution in [2.45, 2.75) is 45.9 Å². The standard InChI is InChI=1S/C17H27FN2O3/c1-13(21)12-20(16(22)23-17(2,3)4)10-9-19-11-14-7-5-6-8-15(14)18/h5-8,13,19,21H,9-12H2,1-4H3. The molecular formula is C17H27FN2O3. The molecule has 0 heterocycles. The minimum absolute atomic E-state index is 0.191. The molecule has 0 aliphatic heterocycles. The van der Waals surface area contributed by atoms with Crippen molar-refractivity contribution in [1.29, 1.82) is 0 Å². The second-order valence-electron chi connectivity index (χ2n) is 6.54. The summed E-state index contributed by atoms with van der Waals surface area (Å²) < 4.78 is 18.8. The number of carbonyl (C=O) groups excluding carboxylic acids is 1. The van der Waals surface area contributed by atoms with E-state index in [9.17, 15) is 14.3 Å². The highest BCUT2D eigenvalue weighted by Gasteiger charge is 2.22. The molecule has 1 amide bonds. The average Bonchev–Trinajstić information content (AvgIpc) is 2.41. The summed E-state index contributed by atoms with van der Waals surface area (Å²) in [6, 6.07) is 6.55. The Bertz CT molecular complexity index is 501. The first-order valence-electron chi connectivity index (χ1n) is 7.79. The first kappa shape index (κ1) is 19.4. The number of benzene rings is 1. The summed E-state index contributed by atoms with van der Waals surface area (Å²) in [6.07, 6.45) is -1.11. The molecule has 0 aliphatic carbocycles. The summed E-state index contributed by atoms with van der Waals surface area (Å²) in [6.45, 7) is 8.41. The molecule has 6 heteroatoms. The number of rotatable bonds is 7. The van der Waals surface area contributed by atoms with Gasteiger partial charge in [0.1, 0.15) is 11.4 Å². The number of nitrogens with zero attached hydrogens (tertiary/aromatic N) is 1. The Balaban J connectivity index is 2.48. The fourth-order valence-corrected chi connectivity index (χ4v) is 1.98. The molecule has 1 rings (SSSR count). The second-order valence-corrected chi connectivity index (χ2v) is 6.54. The number of aliphatic hydroxyl groups is 1. The number of carbonyl (C=O) groups is 1. The van der Waals surface area contributed by atoms with Gasteiger partial charge in [0.25, 0.3) is 0 Å². The van der Waals surface area contributed by atoms with E-state index in [1.165, 1.54) is 11.0 Å². The molecular weight excluding hydrogens is 299 g/mol. The van der Waals surface area contributed by atoms with Crippen LogP contribution in [0.3, 0.4) is 0 Å². The van der Waals surface area contributed by atoms with Crippen LogP contribution in [0.25, 0.3) is 0 Å². The number of nitrogens with one attached hydrogen (secondary N) is 1. The van der Waals surface area contributed by atoms with Gasteiger partial charge in [0.2, 0.25) is 0 Å². The van der Waals surface area contributed by atoms with E-state index in [1.54, 1.807) is 45.9 Å². The van der Waals surface area contributed by atoms with Crippen LogP contribution in [0, 0.1) is 5.82 Å². The van der Waals surface area contributed by atoms with E-state index >= 15 is 0 Å². The smallest absolute Gasteiger partial charge is 0.410 e. The van der Waals surface area contributed by atoms with Gasteiger partial charge < -0.3 is 20.1 Å². The van der Waals surface area contributed by atoms with E-state index < -0.39 is 17.8 Å². The summed E-state index contributed by atoms with van der Waals surface area (Å²) in [5.41, 5.74) is -0.0129. The van der Waals surface area contributed by atoms with Gasteiger partial charge in [-0.1, -0.05) is 18.2 Å². The van der Waals surface area contributed by atoms with E-state index in [-0.39, 0.29) is 12.4 Å². The highest BCUT2D eigenvalue weighted by Crippen LogP contribution is 2.10. The third-order valence-electron chi connectivity index (χ3n) is 2.97. The van der Waals surface area contributed by atoms with Crippen LogP contribution in [-0.2, 0) is 11.3 Å². The number of aliphatic hydroxyl groups excluding tert-OH is 1. The molecule has 1 aromatic carbocycles. The predicted octanol–water partition coefficient (Wildman–Crippen LogP) is 2.53. The Morgan fingerprint density at radius 1 is 1.39 bits per heavy atom. The van der Waals surface area contributed by atoms with Crippen molar-refractivity contribution in [3.05, 3.63) is 35.6 Å². The number of hydrogen-bond acceptors (Lipinski definition) is 4. The van der Waals surface area contributed by atoms with Crippen molar-refractivity contribution < 1.29 is 19.0 Å². The molecule has 0 radical (unpaired) electrons. The maximum atomic E-state index is 13.5. The Labute approximate surface area is 137 Å². The molecule has 1 atom stereocenters. The topological polar surface area (TPSA) is 61.8 Å². The average molecular weight is 326 g/mol. The Morgan fingerprint density at radius 3 is 2.61 bits per heavy atom. The zero-order valence-corrected chi connectivity index (χ0v) is 14.3. The molecule has 0 saturated heterocycles. The molecule has 0 fully saturated rings. The van der Waals surface area contributed by atoms with Crippen LogP contribution in [0.2, 0.25) is 0 Å². The molecule has 23 heavy (non-hydrogen) atoms. The maximum Gasteiger partial charge on any atom is 0.410 e. The monoisotopic (exact) mass is 326 g/mol. The molecule has 0 saturated carbocycles. The van der Waals surface area contributed by atoms with Crippen molar-refractivity contribution >= 4 is 6.09 Å². The maximum absolute atomic E-state index is 13.5. The van der Waals surface area contributed by atoms with Gasteiger partial charge in [-0.25, -0.2) is 9.18 Å². The molecule has 0 aromatic heterocycles. The largest absolute Gasteiger partial charge is 0.444 e. The molecule has 1 unspecified atom stereocenters. The van der Waals surface area contributed by atoms with Crippen LogP contribution in [0.5, 0.6) is 0 Å². The third-order valence-corrected chi connectivity index (χ3v) is 2.97. The van der Waals surface area contributed by atoms with Gasteiger partial charge in [0.05, 0.1) is 6.10 Å². The lowest BCUT2D eigenvalue weighted by Crippen LogP contribution is -2.43. The van der Waals surface area contributed by atoms with Crippen LogP contribution < -0.4 is 5.32 Å². The van der Waals surface area contributed by atoms with Gasteiger partial charge in [-0.2, -0.15) is 0 Å². The minimum Gasteiger partial charge on any atom is -0.444 e. The number of ether oxygens (including phenoxy) is 1. The summed E-state index contributed by atoms with van der Waals surface area (Å²) in [5.74, 6) is -0.257. The van der Waals surface area contributed by atoms with Crippen molar-refractivity contribution in [3.63, 3.8) is 0 Å². The van der Waals surface area contributed by atoms with Crippen LogP contribution in [0.1, 0.15) is 33.3 Å². The van der Waals surface area contributed by atoms with E-state index in [2.05, 4.69) is 5.32 Å². The van der Waals surface area contributed by atoms with Gasteiger partial charge in [-0.05, 0) is 33.8 Å². The van der Waals surface area contributed by atoms with Crippen LogP contribution in [0.4, 0.5) is 9.18 Å². The van der Waals surface area contributed by atoms with Crippen molar-refractivity contribution in [1.82, 2.24) is 10.2 Å². The molecule has 5 nitrogen and oxygen atoms in total. The zero-order valence-electron chi connectivity index (χ0n) is 14.3. The molecule has 130 valence electrons. The summed E-state index contributed by atoms with van der Waals surface area (Å²) >= 11 is 0. The molecule has 0 bridgehead atoms. The van der Waals surface area contributed by atoms with Crippen molar-refractivity contribution in [2.75, 3.05) is 19.6 Å². The first-order chi connectivity index (χ1) is 10.7. The predicted molar refractivity (Wildman–Crippen MR) is 87.6 cm³/mol. The van der Waals surface area contributed by atoms with Crippen LogP contribution >= 0.6 is 0 Å². The van der Waals surface area contributed by atoms with Crippen LogP contribution in [0.15, 0.2) is 24.3 Å². The fraction of sp³-hybridized carbons (Fsp3) is 0.588. The summed E-state index contributed by atoms with van der Waals surface area (Å²) in [4.78, 5) is 13.6. The third kappa shape index (κ3) is 7.95. The van der Waals surface area contributed by atoms with Crippen molar-refractivity contribution in [3.8, 4) is 0 Å². The Hall–Kier alpha value is -1.66. The van der Waals surface area contributed by atoms with E-state index in [0.717, 1.165) is 0 Å². The highest BCUT2D eigenvalue weighted by atomic mass is 19.1. The highest BCUT2D eigenvalue weighted by molar-refractivity contribution is 5.68. The van der Waals surface area contributed by atoms with Crippen molar-refractivity contribution in [2.24, 2.45) is 0 Å². The summed E-state index contributed by atoms with van der Waals surface area (Å²) in [7, 11) is 0. The molecule has 2 N–H and O–H groups in total. The molecule has 0 aliphatic rings. The first-order valence-corrected chi connectivity index (χ1v) is 7.79. The van der Waals surface area contributed by atoms with Gasteiger partial charge in [-0.3, -0.25) is 0 Å². The van der Waals surface area contributed by atoms with E-state index in [1.807, 2.05) is 0 Å². The number of halogens is 1. The van der Waals surface area contributed by atoms with Crippen LogP contribution in [-0.4, -0.2) is 47.4 Å². The lowest BCUT2D eigenvalue weighted by Gasteiger charge is -2.28. The normalized spacial score (nSPS) is 12.8. The SMILES string of the molecule is CC(O)CN(CCNCc1ccccc1F)C(=O)OC(C)(C)C. The molecule has 1 aromatic rings. The zero-order chi connectivity index (χ0) is 17.5. The van der Waals surface area contributed by atoms with E-state index in [0.29, 0.717) is 25.2 Å². The van der Waals surface area contributed by atoms with E-state index in [4.69, 9.17) is 4.74 Å². The van der Waals surface area contributed by atoms with Gasteiger partial charge >= 0.3 is 6.09 Å². The number of hydrogen-bond donors (Lipinski definition) is 2. The minimum atomic E-state index is -0.644. The second kappa shape index (κ2) is 8.84. The van der Waals surface area contributed by atoms with Gasteiger partial charge in [0.15, 0.2) is 0 Å². The van der Waals surface area contributed by atoms with Gasteiger partial charge in [-0.15, -0.1) is 0 Å². The van der Waals surface area contributed by atoms with Gasteiger partial charge in [0, 0.05) is 31.7 Å². The Kier molecular flexibility index (Phi) is 7.45. The lowest BCUT2D eigenvalue weighted by atomic mass is 10.2. The molecule has 0 spiro atoms. The lowest BCUT2D eigenvalue weighted by molar-refractivity contribution is 0.0164. The number of amides is 1. The quantitative estimate of drug-likeness (QED) is 0.756. The summed E-state index contributed by atoms with van der Waals surface area (Å²) in [5, 5.41) is 12.6. The Morgan fingerprint density at radius 2 is 2.04 bits per heavy atom. The fourth-order valence-electron chi connectivity index (χ4n) is 1.98.